The molecule has 108 valence electrons. The number of aliphatic hydroxyl groups excluding tert-OH is 1. The van der Waals surface area contributed by atoms with E-state index in [9.17, 15) is 5.11 Å². The number of aliphatic hydroxyl groups is 1. The zero-order chi connectivity index (χ0) is 14.8. The van der Waals surface area contributed by atoms with E-state index >= 15 is 0 Å². The van der Waals surface area contributed by atoms with Gasteiger partial charge in [0.2, 0.25) is 0 Å². The Hall–Kier alpha value is -1.23. The van der Waals surface area contributed by atoms with Crippen molar-refractivity contribution in [1.29, 1.82) is 0 Å². The zero-order valence-electron chi connectivity index (χ0n) is 12.5. The molecule has 0 bridgehead atoms. The van der Waals surface area contributed by atoms with Gasteiger partial charge in [0, 0.05) is 11.4 Å². The van der Waals surface area contributed by atoms with Gasteiger partial charge in [-0.15, -0.1) is 11.3 Å². The Kier molecular flexibility index (Phi) is 4.58. The lowest BCUT2D eigenvalue weighted by Crippen LogP contribution is -2.39. The minimum absolute atomic E-state index is 0.237. The number of aryl methyl sites for hydroxylation is 2. The first-order valence-corrected chi connectivity index (χ1v) is 7.64. The average Bonchev–Trinajstić information content (AvgIpc) is 2.78. The Bertz CT molecular complexity index is 544. The van der Waals surface area contributed by atoms with Gasteiger partial charge in [-0.05, 0) is 33.3 Å². The molecule has 2 rings (SSSR count). The first-order chi connectivity index (χ1) is 9.40. The highest BCUT2D eigenvalue weighted by Crippen LogP contribution is 2.27. The molecule has 2 aromatic rings. The van der Waals surface area contributed by atoms with Gasteiger partial charge in [0.05, 0.1) is 17.3 Å². The number of rotatable bonds is 5. The lowest BCUT2D eigenvalue weighted by Gasteiger charge is -2.25. The predicted octanol–water partition coefficient (Wildman–Crippen LogP) is 3.32. The van der Waals surface area contributed by atoms with Gasteiger partial charge >= 0.3 is 0 Å². The van der Waals surface area contributed by atoms with Gasteiger partial charge in [0.15, 0.2) is 0 Å². The van der Waals surface area contributed by atoms with E-state index in [1.807, 2.05) is 37.3 Å². The van der Waals surface area contributed by atoms with E-state index < -0.39 is 6.10 Å². The highest BCUT2D eigenvalue weighted by molar-refractivity contribution is 7.11. The molecule has 3 nitrogen and oxygen atoms in total. The molecule has 1 unspecified atom stereocenters. The van der Waals surface area contributed by atoms with Crippen LogP contribution in [0.25, 0.3) is 0 Å². The van der Waals surface area contributed by atoms with Crippen LogP contribution in [0, 0.1) is 13.8 Å². The molecular weight excluding hydrogens is 268 g/mol. The summed E-state index contributed by atoms with van der Waals surface area (Å²) >= 11 is 1.71. The van der Waals surface area contributed by atoms with Crippen molar-refractivity contribution in [3.63, 3.8) is 0 Å². The monoisotopic (exact) mass is 290 g/mol. The Labute approximate surface area is 124 Å². The van der Waals surface area contributed by atoms with Crippen molar-refractivity contribution in [3.8, 4) is 0 Å². The Morgan fingerprint density at radius 2 is 1.90 bits per heavy atom. The van der Waals surface area contributed by atoms with Gasteiger partial charge in [-0.2, -0.15) is 0 Å². The lowest BCUT2D eigenvalue weighted by atomic mass is 10.0. The van der Waals surface area contributed by atoms with Crippen molar-refractivity contribution >= 4 is 11.3 Å². The van der Waals surface area contributed by atoms with E-state index in [0.29, 0.717) is 6.54 Å². The molecule has 0 radical (unpaired) electrons. The van der Waals surface area contributed by atoms with Crippen molar-refractivity contribution in [1.82, 2.24) is 10.3 Å². The van der Waals surface area contributed by atoms with E-state index in [1.54, 1.807) is 11.3 Å². The van der Waals surface area contributed by atoms with Crippen LogP contribution in [0.5, 0.6) is 0 Å². The smallest absolute Gasteiger partial charge is 0.113 e. The molecule has 0 saturated carbocycles. The second kappa shape index (κ2) is 6.04. The fourth-order valence-corrected chi connectivity index (χ4v) is 2.95. The third-order valence-electron chi connectivity index (χ3n) is 3.48. The fourth-order valence-electron chi connectivity index (χ4n) is 1.96. The second-order valence-electron chi connectivity index (χ2n) is 5.59. The van der Waals surface area contributed by atoms with Crippen molar-refractivity contribution < 1.29 is 5.11 Å². The van der Waals surface area contributed by atoms with Crippen LogP contribution >= 0.6 is 11.3 Å². The second-order valence-corrected chi connectivity index (χ2v) is 6.80. The van der Waals surface area contributed by atoms with Crippen LogP contribution < -0.4 is 5.32 Å². The minimum atomic E-state index is -0.502. The molecule has 0 aliphatic heterocycles. The number of nitrogens with one attached hydrogen (secondary N) is 1. The fraction of sp³-hybridized carbons (Fsp3) is 0.438. The van der Waals surface area contributed by atoms with Crippen LogP contribution in [0.15, 0.2) is 30.3 Å². The standard InChI is InChI=1S/C16H22N2OS/c1-11-12(2)20-15(18-11)16(3,4)17-10-14(19)13-8-6-5-7-9-13/h5-9,14,17,19H,10H2,1-4H3. The molecule has 0 aliphatic carbocycles. The van der Waals surface area contributed by atoms with Crippen molar-refractivity contribution in [2.45, 2.75) is 39.3 Å². The van der Waals surface area contributed by atoms with E-state index in [0.717, 1.165) is 16.3 Å². The van der Waals surface area contributed by atoms with Crippen molar-refractivity contribution in [2.75, 3.05) is 6.54 Å². The summed E-state index contributed by atoms with van der Waals surface area (Å²) in [4.78, 5) is 5.86. The summed E-state index contributed by atoms with van der Waals surface area (Å²) in [6, 6.07) is 9.72. The van der Waals surface area contributed by atoms with Crippen LogP contribution in [0.3, 0.4) is 0 Å². The molecule has 20 heavy (non-hydrogen) atoms. The van der Waals surface area contributed by atoms with E-state index in [1.165, 1.54) is 4.88 Å². The number of hydrogen-bond acceptors (Lipinski definition) is 4. The van der Waals surface area contributed by atoms with Gasteiger partial charge < -0.3 is 10.4 Å². The van der Waals surface area contributed by atoms with Gasteiger partial charge in [0.25, 0.3) is 0 Å². The van der Waals surface area contributed by atoms with E-state index in [2.05, 4.69) is 31.1 Å². The topological polar surface area (TPSA) is 45.2 Å². The summed E-state index contributed by atoms with van der Waals surface area (Å²) in [5.41, 5.74) is 1.78. The highest BCUT2D eigenvalue weighted by atomic mass is 32.1. The van der Waals surface area contributed by atoms with Gasteiger partial charge in [-0.3, -0.25) is 0 Å². The summed E-state index contributed by atoms with van der Waals surface area (Å²) < 4.78 is 0. The Balaban J connectivity index is 2.02. The Morgan fingerprint density at radius 1 is 1.25 bits per heavy atom. The average molecular weight is 290 g/mol. The maximum absolute atomic E-state index is 10.2. The van der Waals surface area contributed by atoms with Gasteiger partial charge in [0.1, 0.15) is 5.01 Å². The summed E-state index contributed by atoms with van der Waals surface area (Å²) in [5.74, 6) is 0. The van der Waals surface area contributed by atoms with Crippen LogP contribution in [-0.4, -0.2) is 16.6 Å². The van der Waals surface area contributed by atoms with Crippen LogP contribution in [0.1, 0.15) is 41.1 Å². The van der Waals surface area contributed by atoms with E-state index in [4.69, 9.17) is 0 Å². The summed E-state index contributed by atoms with van der Waals surface area (Å²) in [6.07, 6.45) is -0.502. The molecule has 2 N–H and O–H groups in total. The molecule has 0 spiro atoms. The molecule has 0 fully saturated rings. The highest BCUT2D eigenvalue weighted by Gasteiger charge is 2.25. The minimum Gasteiger partial charge on any atom is -0.387 e. The maximum Gasteiger partial charge on any atom is 0.113 e. The van der Waals surface area contributed by atoms with Gasteiger partial charge in [-0.25, -0.2) is 4.98 Å². The normalized spacial score (nSPS) is 13.4. The first-order valence-electron chi connectivity index (χ1n) is 6.82. The maximum atomic E-state index is 10.2. The number of hydrogen-bond donors (Lipinski definition) is 2. The van der Waals surface area contributed by atoms with E-state index in [-0.39, 0.29) is 5.54 Å². The summed E-state index contributed by atoms with van der Waals surface area (Å²) in [5, 5.41) is 14.7. The van der Waals surface area contributed by atoms with Crippen molar-refractivity contribution in [3.05, 3.63) is 51.5 Å². The summed E-state index contributed by atoms with van der Waals surface area (Å²) in [7, 11) is 0. The van der Waals surface area contributed by atoms with Gasteiger partial charge in [-0.1, -0.05) is 30.3 Å². The largest absolute Gasteiger partial charge is 0.387 e. The molecule has 1 aromatic heterocycles. The molecule has 1 aromatic carbocycles. The number of aromatic nitrogens is 1. The van der Waals surface area contributed by atoms with Crippen LogP contribution in [0.2, 0.25) is 0 Å². The zero-order valence-corrected chi connectivity index (χ0v) is 13.3. The third-order valence-corrected chi connectivity index (χ3v) is 4.88. The SMILES string of the molecule is Cc1nc(C(C)(C)NCC(O)c2ccccc2)sc1C. The number of benzene rings is 1. The van der Waals surface area contributed by atoms with Crippen LogP contribution in [0.4, 0.5) is 0 Å². The quantitative estimate of drug-likeness (QED) is 0.888. The molecule has 0 saturated heterocycles. The molecule has 1 atom stereocenters. The molecule has 0 aliphatic rings. The third kappa shape index (κ3) is 3.45. The number of nitrogens with zero attached hydrogens (tertiary/aromatic N) is 1. The first kappa shape index (κ1) is 15.2. The number of thiazole rings is 1. The molecular formula is C16H22N2OS. The predicted molar refractivity (Wildman–Crippen MR) is 84.0 cm³/mol. The molecule has 1 heterocycles. The summed E-state index contributed by atoms with van der Waals surface area (Å²) in [6.45, 7) is 8.83. The molecule has 4 heteroatoms. The molecule has 0 amide bonds. The van der Waals surface area contributed by atoms with Crippen molar-refractivity contribution in [2.24, 2.45) is 0 Å². The lowest BCUT2D eigenvalue weighted by molar-refractivity contribution is 0.161. The Morgan fingerprint density at radius 3 is 2.45 bits per heavy atom. The van der Waals surface area contributed by atoms with Crippen LogP contribution in [-0.2, 0) is 5.54 Å².